The van der Waals surface area contributed by atoms with Gasteiger partial charge in [-0.25, -0.2) is 4.98 Å². The molecule has 0 unspecified atom stereocenters. The summed E-state index contributed by atoms with van der Waals surface area (Å²) in [6.07, 6.45) is 5.30. The zero-order valence-corrected chi connectivity index (χ0v) is 17.7. The van der Waals surface area contributed by atoms with Crippen LogP contribution >= 0.6 is 11.6 Å². The molecule has 2 amide bonds. The number of carbonyl (C=O) groups is 2. The van der Waals surface area contributed by atoms with Gasteiger partial charge in [0.15, 0.2) is 0 Å². The van der Waals surface area contributed by atoms with Crippen molar-refractivity contribution in [2.24, 2.45) is 0 Å². The van der Waals surface area contributed by atoms with Crippen LogP contribution in [0.1, 0.15) is 45.2 Å². The highest BCUT2D eigenvalue weighted by Gasteiger charge is 2.25. The molecule has 1 aromatic carbocycles. The summed E-state index contributed by atoms with van der Waals surface area (Å²) in [5.41, 5.74) is 3.08. The van der Waals surface area contributed by atoms with E-state index in [2.05, 4.69) is 15.6 Å². The highest BCUT2D eigenvalue weighted by molar-refractivity contribution is 6.33. The predicted octanol–water partition coefficient (Wildman–Crippen LogP) is 3.41. The zero-order valence-electron chi connectivity index (χ0n) is 17.0. The quantitative estimate of drug-likeness (QED) is 0.671. The van der Waals surface area contributed by atoms with Crippen molar-refractivity contribution in [1.82, 2.24) is 19.6 Å². The Labute approximate surface area is 180 Å². The second kappa shape index (κ2) is 8.45. The molecule has 2 N–H and O–H groups in total. The van der Waals surface area contributed by atoms with Gasteiger partial charge in [0.2, 0.25) is 0 Å². The molecule has 7 nitrogen and oxygen atoms in total. The Hall–Kier alpha value is -2.90. The molecular formula is C22H24ClN5O2. The lowest BCUT2D eigenvalue weighted by molar-refractivity contribution is 0.0825. The molecule has 0 bridgehead atoms. The molecule has 1 fully saturated rings. The van der Waals surface area contributed by atoms with Gasteiger partial charge in [-0.15, -0.1) is 0 Å². The van der Waals surface area contributed by atoms with Crippen LogP contribution in [0.2, 0.25) is 5.02 Å². The number of carbonyl (C=O) groups excluding carboxylic acids is 2. The van der Waals surface area contributed by atoms with E-state index in [4.69, 9.17) is 11.6 Å². The third kappa shape index (κ3) is 3.91. The fourth-order valence-electron chi connectivity index (χ4n) is 3.84. The van der Waals surface area contributed by atoms with Gasteiger partial charge in [-0.1, -0.05) is 23.7 Å². The maximum absolute atomic E-state index is 12.9. The Balaban J connectivity index is 1.76. The number of anilines is 1. The van der Waals surface area contributed by atoms with E-state index in [-0.39, 0.29) is 17.7 Å². The summed E-state index contributed by atoms with van der Waals surface area (Å²) in [4.78, 5) is 31.7. The molecule has 30 heavy (non-hydrogen) atoms. The number of fused-ring (bicyclic) bond motifs is 1. The monoisotopic (exact) mass is 425 g/mol. The number of para-hydroxylation sites is 1. The van der Waals surface area contributed by atoms with Crippen molar-refractivity contribution in [2.75, 3.05) is 32.5 Å². The first-order chi connectivity index (χ1) is 14.5. The Morgan fingerprint density at radius 3 is 2.67 bits per heavy atom. The van der Waals surface area contributed by atoms with Gasteiger partial charge in [0.05, 0.1) is 16.9 Å². The standard InChI is InChI=1S/C22H24ClN5O2/c1-27(2)22(30)15-11-20-25-12-19(21(29)26-18-6-4-3-5-17(18)23)28(20)13-16(15)14-7-9-24-10-8-14/h3-6,11-14,24H,7-10H2,1-2H3,(H,26,29). The van der Waals surface area contributed by atoms with Gasteiger partial charge in [-0.3, -0.25) is 14.0 Å². The molecule has 1 aliphatic heterocycles. The summed E-state index contributed by atoms with van der Waals surface area (Å²) in [5.74, 6) is -0.119. The fourth-order valence-corrected chi connectivity index (χ4v) is 4.02. The lowest BCUT2D eigenvalue weighted by Crippen LogP contribution is -2.29. The number of rotatable bonds is 4. The van der Waals surface area contributed by atoms with Gasteiger partial charge in [-0.05, 0) is 55.6 Å². The number of halogens is 1. The molecule has 0 aliphatic carbocycles. The SMILES string of the molecule is CN(C)C(=O)c1cc2ncc(C(=O)Nc3ccccc3Cl)n2cc1C1CCNCC1. The Kier molecular flexibility index (Phi) is 5.74. The number of imidazole rings is 1. The molecule has 0 atom stereocenters. The second-order valence-electron chi connectivity index (χ2n) is 7.67. The van der Waals surface area contributed by atoms with Crippen LogP contribution in [0, 0.1) is 0 Å². The number of pyridine rings is 1. The molecule has 2 aromatic heterocycles. The van der Waals surface area contributed by atoms with Crippen molar-refractivity contribution in [3.63, 3.8) is 0 Å². The molecule has 0 spiro atoms. The highest BCUT2D eigenvalue weighted by atomic mass is 35.5. The largest absolute Gasteiger partial charge is 0.345 e. The Bertz CT molecular complexity index is 1100. The molecule has 156 valence electrons. The lowest BCUT2D eigenvalue weighted by atomic mass is 9.88. The van der Waals surface area contributed by atoms with Crippen LogP contribution in [-0.4, -0.2) is 53.3 Å². The van der Waals surface area contributed by atoms with Crippen LogP contribution in [0.4, 0.5) is 5.69 Å². The summed E-state index contributed by atoms with van der Waals surface area (Å²) in [7, 11) is 3.49. The van der Waals surface area contributed by atoms with Crippen molar-refractivity contribution in [1.29, 1.82) is 0 Å². The van der Waals surface area contributed by atoms with Gasteiger partial charge in [0.1, 0.15) is 11.3 Å². The number of piperidine rings is 1. The van der Waals surface area contributed by atoms with E-state index >= 15 is 0 Å². The Morgan fingerprint density at radius 2 is 1.97 bits per heavy atom. The third-order valence-corrected chi connectivity index (χ3v) is 5.78. The van der Waals surface area contributed by atoms with Gasteiger partial charge in [0, 0.05) is 25.9 Å². The minimum absolute atomic E-state index is 0.0592. The molecule has 3 aromatic rings. The van der Waals surface area contributed by atoms with Gasteiger partial charge in [0.25, 0.3) is 11.8 Å². The third-order valence-electron chi connectivity index (χ3n) is 5.45. The van der Waals surface area contributed by atoms with Crippen molar-refractivity contribution in [2.45, 2.75) is 18.8 Å². The summed E-state index contributed by atoms with van der Waals surface area (Å²) in [6, 6.07) is 8.87. The van der Waals surface area contributed by atoms with Gasteiger partial charge in [-0.2, -0.15) is 0 Å². The molecule has 1 aliphatic rings. The van der Waals surface area contributed by atoms with Crippen molar-refractivity contribution in [3.8, 4) is 0 Å². The predicted molar refractivity (Wildman–Crippen MR) is 117 cm³/mol. The number of hydrogen-bond acceptors (Lipinski definition) is 4. The summed E-state index contributed by atoms with van der Waals surface area (Å²) in [6.45, 7) is 1.81. The van der Waals surface area contributed by atoms with Gasteiger partial charge < -0.3 is 15.5 Å². The van der Waals surface area contributed by atoms with E-state index in [0.717, 1.165) is 31.5 Å². The molecule has 4 rings (SSSR count). The van der Waals surface area contributed by atoms with Crippen LogP contribution in [0.15, 0.2) is 42.7 Å². The number of nitrogens with zero attached hydrogens (tertiary/aromatic N) is 3. The van der Waals surface area contributed by atoms with Crippen LogP contribution in [0.5, 0.6) is 0 Å². The van der Waals surface area contributed by atoms with Crippen LogP contribution in [0.25, 0.3) is 5.65 Å². The minimum Gasteiger partial charge on any atom is -0.345 e. The normalized spacial score (nSPS) is 14.6. The second-order valence-corrected chi connectivity index (χ2v) is 8.08. The number of aromatic nitrogens is 2. The van der Waals surface area contributed by atoms with E-state index in [1.165, 1.54) is 6.20 Å². The number of amides is 2. The van der Waals surface area contributed by atoms with E-state index in [9.17, 15) is 9.59 Å². The van der Waals surface area contributed by atoms with E-state index in [0.29, 0.717) is 27.6 Å². The summed E-state index contributed by atoms with van der Waals surface area (Å²) in [5, 5.41) is 6.67. The van der Waals surface area contributed by atoms with Crippen LogP contribution in [0.3, 0.4) is 0 Å². The molecular weight excluding hydrogens is 402 g/mol. The molecule has 0 radical (unpaired) electrons. The molecule has 3 heterocycles. The average Bonchev–Trinajstić information content (AvgIpc) is 3.17. The molecule has 8 heteroatoms. The van der Waals surface area contributed by atoms with Crippen molar-refractivity contribution >= 4 is 34.7 Å². The maximum atomic E-state index is 12.9. The topological polar surface area (TPSA) is 78.7 Å². The summed E-state index contributed by atoms with van der Waals surface area (Å²) >= 11 is 6.17. The first-order valence-corrected chi connectivity index (χ1v) is 10.3. The fraction of sp³-hybridized carbons (Fsp3) is 0.318. The number of nitrogens with one attached hydrogen (secondary N) is 2. The first-order valence-electron chi connectivity index (χ1n) is 9.95. The lowest BCUT2D eigenvalue weighted by Gasteiger charge is -2.26. The summed E-state index contributed by atoms with van der Waals surface area (Å²) < 4.78 is 1.76. The van der Waals surface area contributed by atoms with E-state index < -0.39 is 0 Å². The van der Waals surface area contributed by atoms with Crippen molar-refractivity contribution < 1.29 is 9.59 Å². The smallest absolute Gasteiger partial charge is 0.274 e. The molecule has 1 saturated heterocycles. The molecule has 0 saturated carbocycles. The highest BCUT2D eigenvalue weighted by Crippen LogP contribution is 2.30. The average molecular weight is 426 g/mol. The Morgan fingerprint density at radius 1 is 1.23 bits per heavy atom. The van der Waals surface area contributed by atoms with Crippen molar-refractivity contribution in [3.05, 3.63) is 64.6 Å². The van der Waals surface area contributed by atoms with Crippen LogP contribution in [-0.2, 0) is 0 Å². The number of hydrogen-bond donors (Lipinski definition) is 2. The van der Waals surface area contributed by atoms with E-state index in [1.807, 2.05) is 12.3 Å². The zero-order chi connectivity index (χ0) is 21.3. The first kappa shape index (κ1) is 20.4. The number of benzene rings is 1. The van der Waals surface area contributed by atoms with Crippen LogP contribution < -0.4 is 10.6 Å². The maximum Gasteiger partial charge on any atom is 0.274 e. The van der Waals surface area contributed by atoms with E-state index in [1.54, 1.807) is 47.7 Å². The van der Waals surface area contributed by atoms with Gasteiger partial charge >= 0.3 is 0 Å². The minimum atomic E-state index is -0.307.